The minimum absolute atomic E-state index is 0.0735. The number of urea groups is 1. The third kappa shape index (κ3) is 5.14. The number of nitrogens with zero attached hydrogens (tertiary/aromatic N) is 3. The number of nitrogens with one attached hydrogen (secondary N) is 3. The lowest BCUT2D eigenvalue weighted by molar-refractivity contribution is 0.102. The summed E-state index contributed by atoms with van der Waals surface area (Å²) in [6.07, 6.45) is 2.41. The Morgan fingerprint density at radius 1 is 1.27 bits per heavy atom. The second-order valence-electron chi connectivity index (χ2n) is 7.10. The van der Waals surface area contributed by atoms with Crippen LogP contribution in [-0.4, -0.2) is 65.5 Å². The zero-order chi connectivity index (χ0) is 21.7. The molecule has 160 valence electrons. The first kappa shape index (κ1) is 21.7. The quantitative estimate of drug-likeness (QED) is 0.475. The highest BCUT2D eigenvalue weighted by Crippen LogP contribution is 2.37. The van der Waals surface area contributed by atoms with Crippen molar-refractivity contribution < 1.29 is 14.7 Å². The minimum Gasteiger partial charge on any atom is -0.506 e. The molecule has 9 nitrogen and oxygen atoms in total. The molecular weight excluding hydrogens is 404 g/mol. The third-order valence-corrected chi connectivity index (χ3v) is 5.55. The van der Waals surface area contributed by atoms with E-state index in [-0.39, 0.29) is 17.6 Å². The van der Waals surface area contributed by atoms with E-state index < -0.39 is 0 Å². The van der Waals surface area contributed by atoms with E-state index in [9.17, 15) is 14.7 Å². The SMILES string of the molecule is CCNc1ccc(C(=O)C2=C(O)c3sc(NC(=O)NCCN(C)C)nc3CC2)cn1. The number of fused-ring (bicyclic) bond motifs is 1. The Labute approximate surface area is 179 Å². The van der Waals surface area contributed by atoms with Crippen molar-refractivity contribution in [1.82, 2.24) is 20.2 Å². The molecule has 1 aliphatic rings. The summed E-state index contributed by atoms with van der Waals surface area (Å²) >= 11 is 1.16. The van der Waals surface area contributed by atoms with Crippen molar-refractivity contribution in [3.63, 3.8) is 0 Å². The number of anilines is 2. The molecule has 10 heteroatoms. The molecule has 0 unspecified atom stereocenters. The molecule has 0 aromatic carbocycles. The van der Waals surface area contributed by atoms with E-state index in [0.29, 0.717) is 52.0 Å². The molecule has 2 amide bonds. The molecule has 0 radical (unpaired) electrons. The number of aryl methyl sites for hydroxylation is 1. The molecule has 0 aliphatic heterocycles. The van der Waals surface area contributed by atoms with E-state index in [1.807, 2.05) is 25.9 Å². The van der Waals surface area contributed by atoms with Crippen LogP contribution in [0.3, 0.4) is 0 Å². The van der Waals surface area contributed by atoms with Crippen LogP contribution < -0.4 is 16.0 Å². The fourth-order valence-corrected chi connectivity index (χ4v) is 3.98. The number of pyridine rings is 1. The summed E-state index contributed by atoms with van der Waals surface area (Å²) in [5, 5.41) is 19.6. The maximum atomic E-state index is 12.9. The van der Waals surface area contributed by atoms with Gasteiger partial charge in [-0.2, -0.15) is 0 Å². The Morgan fingerprint density at radius 3 is 2.73 bits per heavy atom. The van der Waals surface area contributed by atoms with E-state index in [4.69, 9.17) is 0 Å². The normalized spacial score (nSPS) is 13.2. The van der Waals surface area contributed by atoms with Crippen LogP contribution in [0.15, 0.2) is 23.9 Å². The Balaban J connectivity index is 1.72. The Kier molecular flexibility index (Phi) is 7.01. The molecule has 0 saturated carbocycles. The average molecular weight is 431 g/mol. The molecular formula is C20H26N6O3S. The van der Waals surface area contributed by atoms with Crippen LogP contribution in [0.25, 0.3) is 5.76 Å². The third-order valence-electron chi connectivity index (χ3n) is 4.53. The largest absolute Gasteiger partial charge is 0.506 e. The highest BCUT2D eigenvalue weighted by molar-refractivity contribution is 7.16. The van der Waals surface area contributed by atoms with Crippen LogP contribution in [0, 0.1) is 0 Å². The van der Waals surface area contributed by atoms with Gasteiger partial charge in [-0.05, 0) is 46.0 Å². The summed E-state index contributed by atoms with van der Waals surface area (Å²) in [5.74, 6) is 0.369. The lowest BCUT2D eigenvalue weighted by Crippen LogP contribution is -2.34. The Bertz CT molecular complexity index is 952. The van der Waals surface area contributed by atoms with Crippen molar-refractivity contribution in [2.45, 2.75) is 19.8 Å². The van der Waals surface area contributed by atoms with Crippen molar-refractivity contribution in [1.29, 1.82) is 0 Å². The number of hydrogen-bond donors (Lipinski definition) is 4. The standard InChI is InChI=1S/C20H26N6O3S/c1-4-21-15-8-5-12(11-23-15)16(27)13-6-7-14-18(17(13)28)30-20(24-14)25-19(29)22-9-10-26(2)3/h5,8,11,28H,4,6-7,9-10H2,1-3H3,(H,21,23)(H2,22,24,25,29). The lowest BCUT2D eigenvalue weighted by atomic mass is 9.93. The average Bonchev–Trinajstić information content (AvgIpc) is 3.12. The van der Waals surface area contributed by atoms with Crippen LogP contribution in [0.2, 0.25) is 0 Å². The number of aliphatic hydroxyl groups is 1. The number of allylic oxidation sites excluding steroid dienone is 1. The fourth-order valence-electron chi connectivity index (χ4n) is 3.00. The highest BCUT2D eigenvalue weighted by atomic mass is 32.1. The first-order chi connectivity index (χ1) is 14.4. The summed E-state index contributed by atoms with van der Waals surface area (Å²) in [6, 6.07) is 3.09. The molecule has 30 heavy (non-hydrogen) atoms. The van der Waals surface area contributed by atoms with Crippen molar-refractivity contribution >= 4 is 39.9 Å². The van der Waals surface area contributed by atoms with Crippen LogP contribution in [0.4, 0.5) is 15.7 Å². The molecule has 4 N–H and O–H groups in total. The predicted octanol–water partition coefficient (Wildman–Crippen LogP) is 2.75. The van der Waals surface area contributed by atoms with Crippen LogP contribution in [-0.2, 0) is 6.42 Å². The van der Waals surface area contributed by atoms with Gasteiger partial charge in [-0.3, -0.25) is 10.1 Å². The molecule has 2 aromatic heterocycles. The van der Waals surface area contributed by atoms with Crippen molar-refractivity contribution in [2.24, 2.45) is 0 Å². The van der Waals surface area contributed by atoms with Gasteiger partial charge in [-0.15, -0.1) is 0 Å². The Morgan fingerprint density at radius 2 is 2.07 bits per heavy atom. The van der Waals surface area contributed by atoms with Gasteiger partial charge in [0.2, 0.25) is 0 Å². The topological polar surface area (TPSA) is 119 Å². The van der Waals surface area contributed by atoms with Gasteiger partial charge in [-0.1, -0.05) is 11.3 Å². The first-order valence-electron chi connectivity index (χ1n) is 9.75. The zero-order valence-corrected chi connectivity index (χ0v) is 18.1. The minimum atomic E-state index is -0.352. The van der Waals surface area contributed by atoms with Gasteiger partial charge in [0.05, 0.1) is 10.6 Å². The van der Waals surface area contributed by atoms with E-state index in [2.05, 4.69) is 25.9 Å². The molecule has 0 bridgehead atoms. The number of aromatic nitrogens is 2. The Hall–Kier alpha value is -2.98. The molecule has 0 fully saturated rings. The number of rotatable bonds is 8. The second-order valence-corrected chi connectivity index (χ2v) is 8.10. The first-order valence-corrected chi connectivity index (χ1v) is 10.6. The van der Waals surface area contributed by atoms with Gasteiger partial charge in [0.1, 0.15) is 11.6 Å². The molecule has 3 rings (SSSR count). The number of Topliss-reactive ketones (excluding diaryl/α,β-unsaturated/α-hetero) is 1. The highest BCUT2D eigenvalue weighted by Gasteiger charge is 2.28. The van der Waals surface area contributed by atoms with E-state index in [1.165, 1.54) is 6.20 Å². The van der Waals surface area contributed by atoms with Crippen molar-refractivity contribution in [2.75, 3.05) is 44.4 Å². The number of carbonyl (C=O) groups is 2. The van der Waals surface area contributed by atoms with Gasteiger partial charge in [0, 0.05) is 37.0 Å². The summed E-state index contributed by atoms with van der Waals surface area (Å²) < 4.78 is 0. The molecule has 0 atom stereocenters. The number of likely N-dealkylation sites (N-methyl/N-ethyl adjacent to an activating group) is 1. The van der Waals surface area contributed by atoms with Crippen LogP contribution in [0.5, 0.6) is 0 Å². The number of hydrogen-bond acceptors (Lipinski definition) is 8. The number of ketones is 1. The number of amides is 2. The van der Waals surface area contributed by atoms with Gasteiger partial charge < -0.3 is 20.6 Å². The summed E-state index contributed by atoms with van der Waals surface area (Å²) in [4.78, 5) is 36.0. The summed E-state index contributed by atoms with van der Waals surface area (Å²) in [7, 11) is 3.85. The molecule has 1 aliphatic carbocycles. The van der Waals surface area contributed by atoms with E-state index in [1.54, 1.807) is 12.1 Å². The predicted molar refractivity (Wildman–Crippen MR) is 118 cm³/mol. The molecule has 2 aromatic rings. The fraction of sp³-hybridized carbons (Fsp3) is 0.400. The smallest absolute Gasteiger partial charge is 0.321 e. The monoisotopic (exact) mass is 430 g/mol. The lowest BCUT2D eigenvalue weighted by Gasteiger charge is -2.14. The molecule has 0 saturated heterocycles. The second kappa shape index (κ2) is 9.68. The van der Waals surface area contributed by atoms with E-state index >= 15 is 0 Å². The number of aliphatic hydroxyl groups excluding tert-OH is 1. The number of thiazole rings is 1. The molecule has 2 heterocycles. The van der Waals surface area contributed by atoms with Gasteiger partial charge in [0.15, 0.2) is 10.9 Å². The van der Waals surface area contributed by atoms with E-state index in [0.717, 1.165) is 24.4 Å². The van der Waals surface area contributed by atoms with Gasteiger partial charge in [-0.25, -0.2) is 14.8 Å². The summed E-state index contributed by atoms with van der Waals surface area (Å²) in [6.45, 7) is 3.94. The number of carbonyl (C=O) groups excluding carboxylic acids is 2. The maximum absolute atomic E-state index is 12.9. The summed E-state index contributed by atoms with van der Waals surface area (Å²) in [5.41, 5.74) is 1.44. The maximum Gasteiger partial charge on any atom is 0.321 e. The van der Waals surface area contributed by atoms with Crippen LogP contribution in [0.1, 0.15) is 34.3 Å². The van der Waals surface area contributed by atoms with Gasteiger partial charge in [0.25, 0.3) is 0 Å². The molecule has 0 spiro atoms. The zero-order valence-electron chi connectivity index (χ0n) is 17.3. The van der Waals surface area contributed by atoms with Crippen molar-refractivity contribution in [3.05, 3.63) is 40.0 Å². The van der Waals surface area contributed by atoms with Gasteiger partial charge >= 0.3 is 6.03 Å². The van der Waals surface area contributed by atoms with Crippen LogP contribution >= 0.6 is 11.3 Å². The van der Waals surface area contributed by atoms with Crippen molar-refractivity contribution in [3.8, 4) is 0 Å².